The van der Waals surface area contributed by atoms with Crippen LogP contribution in [0.15, 0.2) is 40.9 Å². The van der Waals surface area contributed by atoms with E-state index in [-0.39, 0.29) is 11.7 Å². The minimum atomic E-state index is -0.252. The van der Waals surface area contributed by atoms with Crippen LogP contribution >= 0.6 is 0 Å². The molecule has 1 aliphatic heterocycles. The van der Waals surface area contributed by atoms with Gasteiger partial charge in [0, 0.05) is 31.3 Å². The number of carbonyl (C=O) groups is 1. The van der Waals surface area contributed by atoms with Crippen molar-refractivity contribution >= 4 is 11.6 Å². The maximum atomic E-state index is 13.5. The highest BCUT2D eigenvalue weighted by molar-refractivity contribution is 5.89. The normalized spacial score (nSPS) is 14.0. The molecule has 4 rings (SSSR count). The molecule has 1 aliphatic rings. The molecule has 0 spiro atoms. The number of anilines is 1. The maximum absolute atomic E-state index is 13.5. The van der Waals surface area contributed by atoms with Crippen LogP contribution < -0.4 is 5.32 Å². The summed E-state index contributed by atoms with van der Waals surface area (Å²) < 4.78 is 18.9. The molecule has 28 heavy (non-hydrogen) atoms. The highest BCUT2D eigenvalue weighted by atomic mass is 19.1. The van der Waals surface area contributed by atoms with Gasteiger partial charge >= 0.3 is 0 Å². The van der Waals surface area contributed by atoms with Gasteiger partial charge in [0.1, 0.15) is 5.82 Å². The lowest BCUT2D eigenvalue weighted by Crippen LogP contribution is -2.30. The molecular weight excluding hydrogens is 359 g/mol. The summed E-state index contributed by atoms with van der Waals surface area (Å²) in [4.78, 5) is 18.1. The van der Waals surface area contributed by atoms with Gasteiger partial charge in [-0.25, -0.2) is 4.39 Å². The predicted octanol–water partition coefficient (Wildman–Crippen LogP) is 3.70. The zero-order valence-electron chi connectivity index (χ0n) is 15.8. The third-order valence-electron chi connectivity index (χ3n) is 4.90. The number of amides is 1. The maximum Gasteiger partial charge on any atom is 0.241 e. The number of hydrogen-bond donors (Lipinski definition) is 1. The summed E-state index contributed by atoms with van der Waals surface area (Å²) >= 11 is 0. The molecule has 1 amide bonds. The molecule has 0 radical (unpaired) electrons. The van der Waals surface area contributed by atoms with E-state index in [2.05, 4.69) is 26.4 Å². The van der Waals surface area contributed by atoms with Crippen molar-refractivity contribution in [3.8, 4) is 11.4 Å². The van der Waals surface area contributed by atoms with Crippen molar-refractivity contribution in [3.63, 3.8) is 0 Å². The van der Waals surface area contributed by atoms with Gasteiger partial charge in [-0.1, -0.05) is 17.3 Å². The molecule has 6 nitrogen and oxygen atoms in total. The van der Waals surface area contributed by atoms with E-state index in [0.29, 0.717) is 23.8 Å². The molecule has 2 heterocycles. The summed E-state index contributed by atoms with van der Waals surface area (Å²) in [6, 6.07) is 10.7. The number of rotatable bonds is 4. The lowest BCUT2D eigenvalue weighted by Gasteiger charge is -2.28. The third kappa shape index (κ3) is 3.80. The molecular formula is C21H21FN4O2. The van der Waals surface area contributed by atoms with Gasteiger partial charge in [-0.05, 0) is 54.3 Å². The number of aromatic nitrogens is 2. The number of carbonyl (C=O) groups excluding carboxylic acids is 1. The Hall–Kier alpha value is -3.06. The first-order chi connectivity index (χ1) is 13.5. The van der Waals surface area contributed by atoms with E-state index in [0.717, 1.165) is 30.8 Å². The second kappa shape index (κ2) is 7.52. The Morgan fingerprint density at radius 2 is 2.18 bits per heavy atom. The Morgan fingerprint density at radius 3 is 2.96 bits per heavy atom. The quantitative estimate of drug-likeness (QED) is 0.747. The first kappa shape index (κ1) is 18.3. The highest BCUT2D eigenvalue weighted by Crippen LogP contribution is 2.27. The summed E-state index contributed by atoms with van der Waals surface area (Å²) in [6.45, 7) is 5.34. The Bertz CT molecular complexity index is 1030. The lowest BCUT2D eigenvalue weighted by atomic mass is 9.97. The van der Waals surface area contributed by atoms with Crippen molar-refractivity contribution in [2.24, 2.45) is 0 Å². The summed E-state index contributed by atoms with van der Waals surface area (Å²) in [6.07, 6.45) is 0.837. The van der Waals surface area contributed by atoms with E-state index >= 15 is 0 Å². The molecule has 2 aromatic carbocycles. The van der Waals surface area contributed by atoms with Gasteiger partial charge in [0.15, 0.2) is 0 Å². The smallest absolute Gasteiger partial charge is 0.241 e. The molecule has 1 aromatic heterocycles. The fourth-order valence-corrected chi connectivity index (χ4v) is 3.52. The van der Waals surface area contributed by atoms with Crippen LogP contribution in [-0.4, -0.2) is 27.5 Å². The fourth-order valence-electron chi connectivity index (χ4n) is 3.52. The molecule has 0 fully saturated rings. The minimum absolute atomic E-state index is 0.0646. The van der Waals surface area contributed by atoms with Crippen LogP contribution in [-0.2, 0) is 24.3 Å². The standard InChI is InChI=1S/C21H21FN4O2/c1-13-10-15(6-7-18(13)22)21-24-20(28-25-21)12-26-9-8-17-16(11-26)4-3-5-19(17)23-14(2)27/h3-7,10H,8-9,11-12H2,1-2H3,(H,23,27). The van der Waals surface area contributed by atoms with Crippen LogP contribution in [0.5, 0.6) is 0 Å². The van der Waals surface area contributed by atoms with Gasteiger partial charge < -0.3 is 9.84 Å². The van der Waals surface area contributed by atoms with E-state index in [4.69, 9.17) is 4.52 Å². The Morgan fingerprint density at radius 1 is 1.32 bits per heavy atom. The number of benzene rings is 2. The fraction of sp³-hybridized carbons (Fsp3) is 0.286. The molecule has 0 unspecified atom stereocenters. The SMILES string of the molecule is CC(=O)Nc1cccc2c1CCN(Cc1nc(-c3ccc(F)c(C)c3)no1)C2. The molecule has 1 N–H and O–H groups in total. The number of nitrogens with one attached hydrogen (secondary N) is 1. The largest absolute Gasteiger partial charge is 0.338 e. The van der Waals surface area contributed by atoms with Crippen LogP contribution in [0.1, 0.15) is 29.5 Å². The van der Waals surface area contributed by atoms with Crippen LogP contribution in [0.3, 0.4) is 0 Å². The Labute approximate surface area is 162 Å². The summed E-state index contributed by atoms with van der Waals surface area (Å²) in [7, 11) is 0. The van der Waals surface area contributed by atoms with E-state index in [9.17, 15) is 9.18 Å². The van der Waals surface area contributed by atoms with Gasteiger partial charge in [-0.3, -0.25) is 9.69 Å². The summed E-state index contributed by atoms with van der Waals surface area (Å²) in [5, 5.41) is 6.93. The number of fused-ring (bicyclic) bond motifs is 1. The van der Waals surface area contributed by atoms with Crippen molar-refractivity contribution in [2.45, 2.75) is 33.4 Å². The number of aryl methyl sites for hydroxylation is 1. The van der Waals surface area contributed by atoms with Crippen molar-refractivity contribution in [3.05, 3.63) is 64.8 Å². The molecule has 0 aliphatic carbocycles. The zero-order chi connectivity index (χ0) is 19.7. The first-order valence-electron chi connectivity index (χ1n) is 9.19. The number of hydrogen-bond acceptors (Lipinski definition) is 5. The van der Waals surface area contributed by atoms with Gasteiger partial charge in [0.2, 0.25) is 17.6 Å². The van der Waals surface area contributed by atoms with Gasteiger partial charge in [-0.15, -0.1) is 0 Å². The lowest BCUT2D eigenvalue weighted by molar-refractivity contribution is -0.114. The second-order valence-corrected chi connectivity index (χ2v) is 7.06. The molecule has 0 saturated carbocycles. The van der Waals surface area contributed by atoms with Crippen LogP contribution in [0.2, 0.25) is 0 Å². The van der Waals surface area contributed by atoms with Crippen LogP contribution in [0.25, 0.3) is 11.4 Å². The zero-order valence-corrected chi connectivity index (χ0v) is 15.8. The molecule has 144 valence electrons. The number of halogens is 1. The molecule has 3 aromatic rings. The van der Waals surface area contributed by atoms with Crippen molar-refractivity contribution in [1.29, 1.82) is 0 Å². The number of nitrogens with zero attached hydrogens (tertiary/aromatic N) is 3. The molecule has 0 saturated heterocycles. The Balaban J connectivity index is 1.47. The van der Waals surface area contributed by atoms with Crippen LogP contribution in [0.4, 0.5) is 10.1 Å². The van der Waals surface area contributed by atoms with E-state index in [1.807, 2.05) is 12.1 Å². The molecule has 0 atom stereocenters. The summed E-state index contributed by atoms with van der Waals surface area (Å²) in [5.74, 6) is 0.672. The average Bonchev–Trinajstić information content (AvgIpc) is 3.12. The third-order valence-corrected chi connectivity index (χ3v) is 4.90. The first-order valence-corrected chi connectivity index (χ1v) is 9.19. The van der Waals surface area contributed by atoms with Gasteiger partial charge in [0.25, 0.3) is 0 Å². The van der Waals surface area contributed by atoms with Crippen LogP contribution in [0, 0.1) is 12.7 Å². The van der Waals surface area contributed by atoms with E-state index in [1.165, 1.54) is 24.1 Å². The van der Waals surface area contributed by atoms with Gasteiger partial charge in [0.05, 0.1) is 6.54 Å². The highest BCUT2D eigenvalue weighted by Gasteiger charge is 2.21. The summed E-state index contributed by atoms with van der Waals surface area (Å²) in [5.41, 5.74) is 4.54. The molecule has 7 heteroatoms. The van der Waals surface area contributed by atoms with Crippen molar-refractivity contribution in [1.82, 2.24) is 15.0 Å². The average molecular weight is 380 g/mol. The van der Waals surface area contributed by atoms with Gasteiger partial charge in [-0.2, -0.15) is 4.98 Å². The predicted molar refractivity (Wildman–Crippen MR) is 103 cm³/mol. The van der Waals surface area contributed by atoms with E-state index in [1.54, 1.807) is 19.1 Å². The minimum Gasteiger partial charge on any atom is -0.338 e. The van der Waals surface area contributed by atoms with Crippen molar-refractivity contribution in [2.75, 3.05) is 11.9 Å². The molecule has 0 bridgehead atoms. The topological polar surface area (TPSA) is 71.3 Å². The van der Waals surface area contributed by atoms with Crippen molar-refractivity contribution < 1.29 is 13.7 Å². The monoisotopic (exact) mass is 380 g/mol. The Kier molecular flexibility index (Phi) is 4.92. The second-order valence-electron chi connectivity index (χ2n) is 7.06. The van der Waals surface area contributed by atoms with E-state index < -0.39 is 0 Å².